The molecule has 10 heavy (non-hydrogen) atoms. The first-order valence-corrected chi connectivity index (χ1v) is 3.42. The number of nitrogens with zero attached hydrogens (tertiary/aromatic N) is 2. The third kappa shape index (κ3) is 4.26. The Morgan fingerprint density at radius 1 is 1.70 bits per heavy atom. The van der Waals surface area contributed by atoms with Crippen molar-refractivity contribution in [3.05, 3.63) is 11.1 Å². The van der Waals surface area contributed by atoms with Gasteiger partial charge in [-0.2, -0.15) is 4.99 Å². The largest absolute Gasteiger partial charge is 0.369 e. The molecule has 0 saturated heterocycles. The second-order valence-corrected chi connectivity index (χ2v) is 2.88. The van der Waals surface area contributed by atoms with Gasteiger partial charge in [0.05, 0.1) is 10.8 Å². The number of hydrogen-bond donors (Lipinski definition) is 0. The molecule has 0 aromatic rings. The molecule has 0 rings (SSSR count). The minimum atomic E-state index is -0.353. The lowest BCUT2D eigenvalue weighted by atomic mass is 10.6. The Kier molecular flexibility index (Phi) is 3.95. The lowest BCUT2D eigenvalue weighted by Crippen LogP contribution is -2.09. The van der Waals surface area contributed by atoms with Crippen molar-refractivity contribution in [2.45, 2.75) is 0 Å². The van der Waals surface area contributed by atoms with E-state index < -0.39 is 0 Å². The molecule has 1 amide bonds. The Labute approximate surface area is 68.6 Å². The SMILES string of the molecule is C=C(Br)C(=O)N=CN(C)C. The maximum absolute atomic E-state index is 10.7. The molecule has 0 unspecified atom stereocenters. The van der Waals surface area contributed by atoms with E-state index in [4.69, 9.17) is 0 Å². The molecule has 3 nitrogen and oxygen atoms in total. The zero-order chi connectivity index (χ0) is 8.15. The van der Waals surface area contributed by atoms with Crippen LogP contribution in [0.1, 0.15) is 0 Å². The highest BCUT2D eigenvalue weighted by molar-refractivity contribution is 9.12. The molecule has 0 fully saturated rings. The van der Waals surface area contributed by atoms with Gasteiger partial charge in [0.2, 0.25) is 0 Å². The second-order valence-electron chi connectivity index (χ2n) is 1.92. The van der Waals surface area contributed by atoms with Crippen LogP contribution in [-0.4, -0.2) is 31.2 Å². The zero-order valence-electron chi connectivity index (χ0n) is 5.97. The summed E-state index contributed by atoms with van der Waals surface area (Å²) in [5.74, 6) is -0.353. The average Bonchev–Trinajstić information content (AvgIpc) is 1.82. The van der Waals surface area contributed by atoms with Crippen LogP contribution in [-0.2, 0) is 4.79 Å². The first-order chi connectivity index (χ1) is 4.54. The molecule has 0 aliphatic heterocycles. The lowest BCUT2D eigenvalue weighted by molar-refractivity contribution is -0.113. The van der Waals surface area contributed by atoms with Crippen LogP contribution in [0.5, 0.6) is 0 Å². The number of aliphatic imine (C=N–C) groups is 1. The van der Waals surface area contributed by atoms with Crippen LogP contribution < -0.4 is 0 Å². The first kappa shape index (κ1) is 9.36. The van der Waals surface area contributed by atoms with Gasteiger partial charge in [-0.1, -0.05) is 6.58 Å². The highest BCUT2D eigenvalue weighted by atomic mass is 79.9. The van der Waals surface area contributed by atoms with Crippen LogP contribution >= 0.6 is 15.9 Å². The minimum Gasteiger partial charge on any atom is -0.369 e. The lowest BCUT2D eigenvalue weighted by Gasteiger charge is -2.00. The fourth-order valence-electron chi connectivity index (χ4n) is 0.238. The Morgan fingerprint density at radius 3 is 2.50 bits per heavy atom. The van der Waals surface area contributed by atoms with Crippen LogP contribution in [0, 0.1) is 0 Å². The van der Waals surface area contributed by atoms with E-state index in [0.717, 1.165) is 0 Å². The predicted molar refractivity (Wildman–Crippen MR) is 45.3 cm³/mol. The van der Waals surface area contributed by atoms with Crippen molar-refractivity contribution < 1.29 is 4.79 Å². The van der Waals surface area contributed by atoms with Crippen molar-refractivity contribution in [3.8, 4) is 0 Å². The first-order valence-electron chi connectivity index (χ1n) is 2.63. The molecule has 0 atom stereocenters. The molecule has 0 saturated carbocycles. The third-order valence-electron chi connectivity index (χ3n) is 0.638. The van der Waals surface area contributed by atoms with E-state index in [1.807, 2.05) is 0 Å². The summed E-state index contributed by atoms with van der Waals surface area (Å²) in [6, 6.07) is 0. The summed E-state index contributed by atoms with van der Waals surface area (Å²) in [7, 11) is 3.57. The number of amides is 1. The number of halogens is 1. The van der Waals surface area contributed by atoms with E-state index >= 15 is 0 Å². The summed E-state index contributed by atoms with van der Waals surface area (Å²) in [5.41, 5.74) is 0. The summed E-state index contributed by atoms with van der Waals surface area (Å²) in [6.07, 6.45) is 1.43. The van der Waals surface area contributed by atoms with Crippen molar-refractivity contribution in [2.24, 2.45) is 4.99 Å². The van der Waals surface area contributed by atoms with Gasteiger partial charge in [-0.15, -0.1) is 0 Å². The topological polar surface area (TPSA) is 32.7 Å². The van der Waals surface area contributed by atoms with Gasteiger partial charge in [0.1, 0.15) is 0 Å². The molecule has 0 aliphatic rings. The highest BCUT2D eigenvalue weighted by Gasteiger charge is 1.97. The van der Waals surface area contributed by atoms with Crippen LogP contribution in [0.3, 0.4) is 0 Å². The summed E-state index contributed by atoms with van der Waals surface area (Å²) in [5, 5.41) is 0. The second kappa shape index (κ2) is 4.22. The fourth-order valence-corrected chi connectivity index (χ4v) is 0.340. The van der Waals surface area contributed by atoms with E-state index in [2.05, 4.69) is 27.5 Å². The Bertz CT molecular complexity index is 175. The van der Waals surface area contributed by atoms with Gasteiger partial charge in [0.15, 0.2) is 0 Å². The van der Waals surface area contributed by atoms with Gasteiger partial charge in [0.25, 0.3) is 5.91 Å². The molecule has 0 radical (unpaired) electrons. The van der Waals surface area contributed by atoms with Crippen molar-refractivity contribution in [1.29, 1.82) is 0 Å². The van der Waals surface area contributed by atoms with Gasteiger partial charge in [-0.25, -0.2) is 0 Å². The molecule has 0 spiro atoms. The zero-order valence-corrected chi connectivity index (χ0v) is 7.55. The van der Waals surface area contributed by atoms with Crippen LogP contribution in [0.25, 0.3) is 0 Å². The molecular formula is C6H9BrN2O. The number of carbonyl (C=O) groups excluding carboxylic acids is 1. The smallest absolute Gasteiger partial charge is 0.284 e. The van der Waals surface area contributed by atoms with Gasteiger partial charge in [-0.3, -0.25) is 4.79 Å². The van der Waals surface area contributed by atoms with Crippen molar-refractivity contribution >= 4 is 28.2 Å². The maximum atomic E-state index is 10.7. The van der Waals surface area contributed by atoms with E-state index in [0.29, 0.717) is 0 Å². The molecule has 0 heterocycles. The van der Waals surface area contributed by atoms with Crippen molar-refractivity contribution in [1.82, 2.24) is 4.90 Å². The fraction of sp³-hybridized carbons (Fsp3) is 0.333. The third-order valence-corrected chi connectivity index (χ3v) is 0.977. The molecule has 0 aromatic heterocycles. The van der Waals surface area contributed by atoms with E-state index in [1.165, 1.54) is 6.34 Å². The molecule has 4 heteroatoms. The Balaban J connectivity index is 3.91. The van der Waals surface area contributed by atoms with E-state index in [9.17, 15) is 4.79 Å². The molecule has 0 aromatic carbocycles. The molecule has 0 N–H and O–H groups in total. The van der Waals surface area contributed by atoms with Gasteiger partial charge < -0.3 is 4.90 Å². The average molecular weight is 205 g/mol. The van der Waals surface area contributed by atoms with Crippen molar-refractivity contribution in [3.63, 3.8) is 0 Å². The van der Waals surface area contributed by atoms with Crippen LogP contribution in [0.2, 0.25) is 0 Å². The van der Waals surface area contributed by atoms with Crippen LogP contribution in [0.15, 0.2) is 16.1 Å². The Morgan fingerprint density at radius 2 is 2.20 bits per heavy atom. The highest BCUT2D eigenvalue weighted by Crippen LogP contribution is 2.01. The number of rotatable bonds is 2. The molecular weight excluding hydrogens is 196 g/mol. The standard InChI is InChI=1S/C6H9BrN2O/c1-5(7)6(10)8-4-9(2)3/h4H,1H2,2-3H3. The normalized spacial score (nSPS) is 9.90. The van der Waals surface area contributed by atoms with Crippen LogP contribution in [0.4, 0.5) is 0 Å². The maximum Gasteiger partial charge on any atom is 0.284 e. The van der Waals surface area contributed by atoms with E-state index in [1.54, 1.807) is 19.0 Å². The quantitative estimate of drug-likeness (QED) is 0.383. The summed E-state index contributed by atoms with van der Waals surface area (Å²) < 4.78 is 0.269. The van der Waals surface area contributed by atoms with Gasteiger partial charge in [-0.05, 0) is 15.9 Å². The minimum absolute atomic E-state index is 0.269. The van der Waals surface area contributed by atoms with E-state index in [-0.39, 0.29) is 10.4 Å². The summed E-state index contributed by atoms with van der Waals surface area (Å²) in [6.45, 7) is 3.37. The monoisotopic (exact) mass is 204 g/mol. The van der Waals surface area contributed by atoms with Gasteiger partial charge in [0, 0.05) is 14.1 Å². The number of carbonyl (C=O) groups is 1. The molecule has 56 valence electrons. The molecule has 0 bridgehead atoms. The molecule has 0 aliphatic carbocycles. The summed E-state index contributed by atoms with van der Waals surface area (Å²) in [4.78, 5) is 15.9. The van der Waals surface area contributed by atoms with Gasteiger partial charge >= 0.3 is 0 Å². The number of hydrogen-bond acceptors (Lipinski definition) is 1. The predicted octanol–water partition coefficient (Wildman–Crippen LogP) is 1.01. The Hall–Kier alpha value is -0.640. The van der Waals surface area contributed by atoms with Crippen molar-refractivity contribution in [2.75, 3.05) is 14.1 Å². The summed E-state index contributed by atoms with van der Waals surface area (Å²) >= 11 is 2.91.